The van der Waals surface area contributed by atoms with Crippen molar-refractivity contribution in [3.8, 4) is 11.5 Å². The van der Waals surface area contributed by atoms with Gasteiger partial charge < -0.3 is 14.8 Å². The third-order valence-corrected chi connectivity index (χ3v) is 5.65. The monoisotopic (exact) mass is 389 g/mol. The molecule has 3 aromatic rings. The Labute approximate surface area is 169 Å². The molecule has 2 aliphatic rings. The van der Waals surface area contributed by atoms with Crippen molar-refractivity contribution in [1.29, 1.82) is 0 Å². The van der Waals surface area contributed by atoms with E-state index in [1.807, 2.05) is 49.4 Å². The number of benzene rings is 2. The van der Waals surface area contributed by atoms with Crippen LogP contribution >= 0.6 is 0 Å². The number of Topliss-reactive ketones (excluding diaryl/α,β-unsaturated/α-hetero) is 1. The van der Waals surface area contributed by atoms with Gasteiger partial charge >= 0.3 is 0 Å². The predicted octanol–water partition coefficient (Wildman–Crippen LogP) is 4.47. The smallest absolute Gasteiger partial charge is 0.209 e. The minimum Gasteiger partial charge on any atom is -0.493 e. The predicted molar refractivity (Wildman–Crippen MR) is 112 cm³/mol. The van der Waals surface area contributed by atoms with E-state index in [4.69, 9.17) is 14.5 Å². The number of nitrogens with one attached hydrogen (secondary N) is 1. The van der Waals surface area contributed by atoms with Gasteiger partial charge in [-0.2, -0.15) is 0 Å². The van der Waals surface area contributed by atoms with Crippen LogP contribution in [0.2, 0.25) is 0 Å². The molecule has 1 aliphatic carbocycles. The van der Waals surface area contributed by atoms with Gasteiger partial charge in [-0.15, -0.1) is 0 Å². The van der Waals surface area contributed by atoms with E-state index in [2.05, 4.69) is 9.88 Å². The van der Waals surface area contributed by atoms with Crippen LogP contribution in [0.25, 0.3) is 11.0 Å². The number of carbonyl (C=O) groups is 1. The van der Waals surface area contributed by atoms with Crippen molar-refractivity contribution in [2.24, 2.45) is 0 Å². The standard InChI is InChI=1S/C23H23N3O3/c1-3-29-19-12-11-14(13-20(19)28-2)22-21-16(8-6-10-18(21)27)25-23-24-15-7-4-5-9-17(15)26(22)23/h4-5,7,9,11-13,22H,3,6,8,10H2,1-2H3,(H,24,25). The summed E-state index contributed by atoms with van der Waals surface area (Å²) in [5, 5.41) is 3.43. The summed E-state index contributed by atoms with van der Waals surface area (Å²) in [6.45, 7) is 2.51. The summed E-state index contributed by atoms with van der Waals surface area (Å²) in [5.41, 5.74) is 4.71. The number of methoxy groups -OCH3 is 1. The molecule has 0 amide bonds. The number of ketones is 1. The first-order valence-corrected chi connectivity index (χ1v) is 10.0. The zero-order valence-corrected chi connectivity index (χ0v) is 16.6. The van der Waals surface area contributed by atoms with Crippen LogP contribution in [0.4, 0.5) is 5.95 Å². The number of hydrogen-bond donors (Lipinski definition) is 1. The number of ether oxygens (including phenoxy) is 2. The molecule has 6 heteroatoms. The fraction of sp³-hybridized carbons (Fsp3) is 0.304. The number of nitrogens with zero attached hydrogens (tertiary/aromatic N) is 2. The number of para-hydroxylation sites is 2. The van der Waals surface area contributed by atoms with Gasteiger partial charge in [-0.3, -0.25) is 9.36 Å². The number of rotatable bonds is 4. The average Bonchev–Trinajstić information content (AvgIpc) is 3.11. The highest BCUT2D eigenvalue weighted by atomic mass is 16.5. The van der Waals surface area contributed by atoms with Gasteiger partial charge in [-0.05, 0) is 49.6 Å². The Hall–Kier alpha value is -3.28. The van der Waals surface area contributed by atoms with E-state index in [-0.39, 0.29) is 11.8 Å². The van der Waals surface area contributed by atoms with E-state index >= 15 is 0 Å². The van der Waals surface area contributed by atoms with Crippen molar-refractivity contribution in [2.75, 3.05) is 19.0 Å². The second-order valence-corrected chi connectivity index (χ2v) is 7.33. The molecule has 6 nitrogen and oxygen atoms in total. The van der Waals surface area contributed by atoms with Crippen LogP contribution < -0.4 is 14.8 Å². The molecule has 0 spiro atoms. The Morgan fingerprint density at radius 2 is 2.03 bits per heavy atom. The third-order valence-electron chi connectivity index (χ3n) is 5.65. The summed E-state index contributed by atoms with van der Waals surface area (Å²) in [7, 11) is 1.64. The summed E-state index contributed by atoms with van der Waals surface area (Å²) in [6.07, 6.45) is 2.30. The van der Waals surface area contributed by atoms with Crippen molar-refractivity contribution in [3.63, 3.8) is 0 Å². The van der Waals surface area contributed by atoms with Gasteiger partial charge in [0, 0.05) is 17.7 Å². The molecule has 0 radical (unpaired) electrons. The largest absolute Gasteiger partial charge is 0.493 e. The number of imidazole rings is 1. The number of allylic oxidation sites excluding steroid dienone is 2. The second-order valence-electron chi connectivity index (χ2n) is 7.33. The first-order valence-electron chi connectivity index (χ1n) is 10.0. The molecular formula is C23H23N3O3. The minimum absolute atomic E-state index is 0.194. The van der Waals surface area contributed by atoms with Gasteiger partial charge in [-0.25, -0.2) is 4.98 Å². The van der Waals surface area contributed by atoms with Crippen LogP contribution in [0.3, 0.4) is 0 Å². The maximum absolute atomic E-state index is 13.0. The molecule has 148 valence electrons. The highest BCUT2D eigenvalue weighted by Crippen LogP contribution is 2.44. The SMILES string of the molecule is CCOc1ccc(C2C3=C(CCCC3=O)Nc3nc4ccccc4n32)cc1OC. The van der Waals surface area contributed by atoms with Crippen molar-refractivity contribution < 1.29 is 14.3 Å². The van der Waals surface area contributed by atoms with Gasteiger partial charge in [0.15, 0.2) is 17.3 Å². The molecule has 0 saturated carbocycles. The molecule has 2 heterocycles. The Kier molecular flexibility index (Phi) is 4.27. The minimum atomic E-state index is -0.244. The van der Waals surface area contributed by atoms with Crippen LogP contribution in [-0.2, 0) is 4.79 Å². The Bertz CT molecular complexity index is 1150. The van der Waals surface area contributed by atoms with Gasteiger partial charge in [-0.1, -0.05) is 18.2 Å². The molecule has 1 atom stereocenters. The summed E-state index contributed by atoms with van der Waals surface area (Å²) < 4.78 is 13.4. The fourth-order valence-electron chi connectivity index (χ4n) is 4.41. The molecule has 29 heavy (non-hydrogen) atoms. The highest BCUT2D eigenvalue weighted by molar-refractivity contribution is 6.00. The van der Waals surface area contributed by atoms with Crippen LogP contribution in [0.1, 0.15) is 37.8 Å². The van der Waals surface area contributed by atoms with E-state index in [0.717, 1.165) is 46.7 Å². The fourth-order valence-corrected chi connectivity index (χ4v) is 4.41. The summed E-state index contributed by atoms with van der Waals surface area (Å²) >= 11 is 0. The van der Waals surface area contributed by atoms with Gasteiger partial charge in [0.1, 0.15) is 0 Å². The lowest BCUT2D eigenvalue weighted by Crippen LogP contribution is -2.30. The van der Waals surface area contributed by atoms with Crippen molar-refractivity contribution in [1.82, 2.24) is 9.55 Å². The van der Waals surface area contributed by atoms with Crippen LogP contribution in [0, 0.1) is 0 Å². The molecule has 0 fully saturated rings. The zero-order valence-electron chi connectivity index (χ0n) is 16.6. The summed E-state index contributed by atoms with van der Waals surface area (Å²) in [5.74, 6) is 2.34. The second kappa shape index (κ2) is 6.95. The Morgan fingerprint density at radius 1 is 1.17 bits per heavy atom. The topological polar surface area (TPSA) is 65.4 Å². The van der Waals surface area contributed by atoms with E-state index in [9.17, 15) is 4.79 Å². The normalized spacial score (nSPS) is 18.3. The van der Waals surface area contributed by atoms with Crippen LogP contribution in [0.15, 0.2) is 53.7 Å². The third kappa shape index (κ3) is 2.78. The first-order chi connectivity index (χ1) is 14.2. The van der Waals surface area contributed by atoms with E-state index < -0.39 is 0 Å². The van der Waals surface area contributed by atoms with E-state index in [1.165, 1.54) is 0 Å². The molecule has 2 aromatic carbocycles. The van der Waals surface area contributed by atoms with E-state index in [0.29, 0.717) is 24.5 Å². The summed E-state index contributed by atoms with van der Waals surface area (Å²) in [6, 6.07) is 13.7. The molecule has 0 saturated heterocycles. The number of carbonyl (C=O) groups excluding carboxylic acids is 1. The number of aromatic nitrogens is 2. The Balaban J connectivity index is 1.75. The molecule has 1 N–H and O–H groups in total. The highest BCUT2D eigenvalue weighted by Gasteiger charge is 2.36. The van der Waals surface area contributed by atoms with Crippen molar-refractivity contribution in [2.45, 2.75) is 32.2 Å². The number of anilines is 1. The van der Waals surface area contributed by atoms with E-state index in [1.54, 1.807) is 7.11 Å². The number of fused-ring (bicyclic) bond motifs is 3. The van der Waals surface area contributed by atoms with Gasteiger partial charge in [0.2, 0.25) is 5.95 Å². The van der Waals surface area contributed by atoms with Gasteiger partial charge in [0.25, 0.3) is 0 Å². The van der Waals surface area contributed by atoms with Crippen molar-refractivity contribution >= 4 is 22.8 Å². The molecule has 5 rings (SSSR count). The maximum atomic E-state index is 13.0. The lowest BCUT2D eigenvalue weighted by Gasteiger charge is -2.34. The molecule has 0 bridgehead atoms. The molecule has 1 aromatic heterocycles. The zero-order chi connectivity index (χ0) is 20.0. The number of hydrogen-bond acceptors (Lipinski definition) is 5. The quantitative estimate of drug-likeness (QED) is 0.713. The van der Waals surface area contributed by atoms with Crippen molar-refractivity contribution in [3.05, 3.63) is 59.3 Å². The van der Waals surface area contributed by atoms with Gasteiger partial charge in [0.05, 0.1) is 30.8 Å². The lowest BCUT2D eigenvalue weighted by atomic mass is 9.85. The molecule has 1 unspecified atom stereocenters. The molecular weight excluding hydrogens is 366 g/mol. The van der Waals surface area contributed by atoms with Crippen LogP contribution in [-0.4, -0.2) is 29.1 Å². The average molecular weight is 389 g/mol. The maximum Gasteiger partial charge on any atom is 0.209 e. The van der Waals surface area contributed by atoms with Crippen LogP contribution in [0.5, 0.6) is 11.5 Å². The Morgan fingerprint density at radius 3 is 2.86 bits per heavy atom. The molecule has 1 aliphatic heterocycles. The summed E-state index contributed by atoms with van der Waals surface area (Å²) in [4.78, 5) is 17.8. The first kappa shape index (κ1) is 17.8. The lowest BCUT2D eigenvalue weighted by molar-refractivity contribution is -0.116.